The molecule has 0 saturated carbocycles. The largest absolute Gasteiger partial charge is 0.497 e. The van der Waals surface area contributed by atoms with Gasteiger partial charge in [0.2, 0.25) is 17.7 Å². The molecule has 0 aliphatic carbocycles. The van der Waals surface area contributed by atoms with Gasteiger partial charge in [-0.3, -0.25) is 14.4 Å². The van der Waals surface area contributed by atoms with Gasteiger partial charge in [-0.15, -0.1) is 0 Å². The fourth-order valence-electron chi connectivity index (χ4n) is 3.80. The van der Waals surface area contributed by atoms with E-state index in [4.69, 9.17) is 9.26 Å². The zero-order valence-corrected chi connectivity index (χ0v) is 22.2. The Hall–Kier alpha value is -4.21. The molecule has 2 N–H and O–H groups in total. The number of anilines is 1. The topological polar surface area (TPSA) is 114 Å². The van der Waals surface area contributed by atoms with E-state index in [2.05, 4.69) is 15.8 Å². The van der Waals surface area contributed by atoms with Crippen LogP contribution >= 0.6 is 0 Å². The quantitative estimate of drug-likeness (QED) is 0.403. The molecule has 2 aromatic carbocycles. The fraction of sp³-hybridized carbons (Fsp3) is 0.357. The van der Waals surface area contributed by atoms with Gasteiger partial charge in [0.1, 0.15) is 23.4 Å². The highest BCUT2D eigenvalue weighted by Gasteiger charge is 2.33. The molecule has 9 nitrogen and oxygen atoms in total. The molecule has 0 fully saturated rings. The summed E-state index contributed by atoms with van der Waals surface area (Å²) >= 11 is 0. The van der Waals surface area contributed by atoms with E-state index in [1.807, 2.05) is 20.8 Å². The van der Waals surface area contributed by atoms with Crippen molar-refractivity contribution in [2.24, 2.45) is 0 Å². The van der Waals surface area contributed by atoms with Gasteiger partial charge in [-0.25, -0.2) is 4.39 Å². The first kappa shape index (κ1) is 28.4. The lowest BCUT2D eigenvalue weighted by Crippen LogP contribution is -2.49. The smallest absolute Gasteiger partial charge is 0.247 e. The van der Waals surface area contributed by atoms with E-state index < -0.39 is 29.2 Å². The molecule has 3 rings (SSSR count). The minimum atomic E-state index is -1.01. The van der Waals surface area contributed by atoms with Gasteiger partial charge in [-0.05, 0) is 63.1 Å². The average molecular weight is 525 g/mol. The highest BCUT2D eigenvalue weighted by Crippen LogP contribution is 2.27. The molecular formula is C28H33FN4O5. The van der Waals surface area contributed by atoms with Crippen LogP contribution in [0.2, 0.25) is 0 Å². The summed E-state index contributed by atoms with van der Waals surface area (Å²) in [6.45, 7) is 7.26. The van der Waals surface area contributed by atoms with Crippen LogP contribution in [0, 0.1) is 12.7 Å². The number of methoxy groups -OCH3 is 1. The molecule has 0 bridgehead atoms. The van der Waals surface area contributed by atoms with Crippen molar-refractivity contribution in [2.45, 2.75) is 58.7 Å². The Labute approximate surface area is 221 Å². The average Bonchev–Trinajstić information content (AvgIpc) is 3.27. The minimum Gasteiger partial charge on any atom is -0.497 e. The maximum absolute atomic E-state index is 13.6. The number of aryl methyl sites for hydroxylation is 1. The van der Waals surface area contributed by atoms with E-state index in [1.54, 1.807) is 49.4 Å². The molecule has 0 spiro atoms. The van der Waals surface area contributed by atoms with Gasteiger partial charge >= 0.3 is 0 Å². The zero-order chi connectivity index (χ0) is 27.9. The molecule has 0 saturated heterocycles. The summed E-state index contributed by atoms with van der Waals surface area (Å²) in [5.41, 5.74) is 0.622. The third-order valence-corrected chi connectivity index (χ3v) is 5.54. The van der Waals surface area contributed by atoms with Crippen molar-refractivity contribution in [3.8, 4) is 5.75 Å². The van der Waals surface area contributed by atoms with Gasteiger partial charge in [-0.1, -0.05) is 29.4 Å². The number of rotatable bonds is 10. The van der Waals surface area contributed by atoms with Crippen LogP contribution in [0.4, 0.5) is 10.2 Å². The molecule has 0 aliphatic heterocycles. The SMILES string of the molecule is COc1ccc([C@H](C(=O)NC(C)(C)C)N(Cc2ccc(F)cc2)C(=O)CCC(=O)Nc2cc(C)on2)cc1. The van der Waals surface area contributed by atoms with Crippen LogP contribution in [-0.4, -0.2) is 40.4 Å². The molecular weight excluding hydrogens is 491 g/mol. The number of amides is 3. The number of hydrogen-bond donors (Lipinski definition) is 2. The Balaban J connectivity index is 1.91. The summed E-state index contributed by atoms with van der Waals surface area (Å²) in [5.74, 6) is -0.263. The van der Waals surface area contributed by atoms with Crippen molar-refractivity contribution in [1.82, 2.24) is 15.4 Å². The first-order valence-corrected chi connectivity index (χ1v) is 12.2. The normalized spacial score (nSPS) is 11.9. The molecule has 1 atom stereocenters. The fourth-order valence-corrected chi connectivity index (χ4v) is 3.80. The second kappa shape index (κ2) is 12.4. The zero-order valence-electron chi connectivity index (χ0n) is 22.2. The van der Waals surface area contributed by atoms with Crippen LogP contribution in [-0.2, 0) is 20.9 Å². The summed E-state index contributed by atoms with van der Waals surface area (Å²) < 4.78 is 23.8. The summed E-state index contributed by atoms with van der Waals surface area (Å²) in [7, 11) is 1.54. The van der Waals surface area contributed by atoms with Crippen LogP contribution in [0.25, 0.3) is 0 Å². The van der Waals surface area contributed by atoms with E-state index in [-0.39, 0.29) is 31.1 Å². The summed E-state index contributed by atoms with van der Waals surface area (Å²) in [5, 5.41) is 9.27. The third-order valence-electron chi connectivity index (χ3n) is 5.54. The second-order valence-corrected chi connectivity index (χ2v) is 9.93. The van der Waals surface area contributed by atoms with E-state index >= 15 is 0 Å². The lowest BCUT2D eigenvalue weighted by Gasteiger charge is -2.34. The second-order valence-electron chi connectivity index (χ2n) is 9.93. The number of benzene rings is 2. The van der Waals surface area contributed by atoms with Crippen LogP contribution in [0.5, 0.6) is 5.75 Å². The predicted molar refractivity (Wildman–Crippen MR) is 140 cm³/mol. The molecule has 3 amide bonds. The summed E-state index contributed by atoms with van der Waals surface area (Å²) in [4.78, 5) is 41.1. The Morgan fingerprint density at radius 1 is 1.05 bits per heavy atom. The highest BCUT2D eigenvalue weighted by atomic mass is 19.1. The number of aromatic nitrogens is 1. The molecule has 10 heteroatoms. The summed E-state index contributed by atoms with van der Waals surface area (Å²) in [6, 6.07) is 13.1. The molecule has 0 aliphatic rings. The Morgan fingerprint density at radius 2 is 1.71 bits per heavy atom. The van der Waals surface area contributed by atoms with Crippen LogP contribution < -0.4 is 15.4 Å². The van der Waals surface area contributed by atoms with Gasteiger partial charge < -0.3 is 24.8 Å². The number of nitrogens with zero attached hydrogens (tertiary/aromatic N) is 2. The van der Waals surface area contributed by atoms with Gasteiger partial charge in [0.25, 0.3) is 0 Å². The third kappa shape index (κ3) is 8.16. The summed E-state index contributed by atoms with van der Waals surface area (Å²) in [6.07, 6.45) is -0.305. The Morgan fingerprint density at radius 3 is 2.26 bits per heavy atom. The maximum atomic E-state index is 13.6. The van der Waals surface area contributed by atoms with Crippen molar-refractivity contribution in [1.29, 1.82) is 0 Å². The number of halogens is 1. The monoisotopic (exact) mass is 524 g/mol. The van der Waals surface area contributed by atoms with Crippen LogP contribution in [0.1, 0.15) is 56.5 Å². The lowest BCUT2D eigenvalue weighted by molar-refractivity contribution is -0.142. The van der Waals surface area contributed by atoms with Gasteiger partial charge in [-0.2, -0.15) is 0 Å². The van der Waals surface area contributed by atoms with Gasteiger partial charge in [0, 0.05) is 31.0 Å². The van der Waals surface area contributed by atoms with Crippen molar-refractivity contribution in [3.05, 3.63) is 77.3 Å². The lowest BCUT2D eigenvalue weighted by atomic mass is 10.00. The number of nitrogens with one attached hydrogen (secondary N) is 2. The van der Waals surface area contributed by atoms with Crippen molar-refractivity contribution in [3.63, 3.8) is 0 Å². The van der Waals surface area contributed by atoms with E-state index in [1.165, 1.54) is 24.1 Å². The first-order valence-electron chi connectivity index (χ1n) is 12.2. The first-order chi connectivity index (χ1) is 17.9. The minimum absolute atomic E-state index is 0.0253. The van der Waals surface area contributed by atoms with Gasteiger partial charge in [0.05, 0.1) is 7.11 Å². The standard InChI is InChI=1S/C28H33FN4O5/c1-18-16-23(32-38-18)30-24(34)14-15-25(35)33(17-19-6-10-21(29)11-7-19)26(27(36)31-28(2,3)4)20-8-12-22(37-5)13-9-20/h6-13,16,26H,14-15,17H2,1-5H3,(H,31,36)(H,30,32,34)/t26-/m1/s1. The number of carbonyl (C=O) groups excluding carboxylic acids is 3. The van der Waals surface area contributed by atoms with Crippen molar-refractivity contribution < 1.29 is 28.0 Å². The van der Waals surface area contributed by atoms with Crippen molar-refractivity contribution >= 4 is 23.5 Å². The number of ether oxygens (including phenoxy) is 1. The van der Waals surface area contributed by atoms with E-state index in [0.29, 0.717) is 22.6 Å². The van der Waals surface area contributed by atoms with Crippen LogP contribution in [0.3, 0.4) is 0 Å². The molecule has 0 radical (unpaired) electrons. The molecule has 202 valence electrons. The molecule has 38 heavy (non-hydrogen) atoms. The number of carbonyl (C=O) groups is 3. The maximum Gasteiger partial charge on any atom is 0.247 e. The predicted octanol–water partition coefficient (Wildman–Crippen LogP) is 4.53. The molecule has 3 aromatic rings. The number of hydrogen-bond acceptors (Lipinski definition) is 6. The van der Waals surface area contributed by atoms with Crippen molar-refractivity contribution in [2.75, 3.05) is 12.4 Å². The molecule has 1 aromatic heterocycles. The van der Waals surface area contributed by atoms with E-state index in [0.717, 1.165) is 0 Å². The Kier molecular flexibility index (Phi) is 9.22. The van der Waals surface area contributed by atoms with Gasteiger partial charge in [0.15, 0.2) is 5.82 Å². The molecule has 1 heterocycles. The molecule has 0 unspecified atom stereocenters. The van der Waals surface area contributed by atoms with E-state index in [9.17, 15) is 18.8 Å². The van der Waals surface area contributed by atoms with Crippen LogP contribution in [0.15, 0.2) is 59.1 Å². The highest BCUT2D eigenvalue weighted by molar-refractivity contribution is 5.94. The Bertz CT molecular complexity index is 1250.